The van der Waals surface area contributed by atoms with Crippen molar-refractivity contribution in [2.24, 2.45) is 11.7 Å². The van der Waals surface area contributed by atoms with Crippen LogP contribution in [0.25, 0.3) is 0 Å². The van der Waals surface area contributed by atoms with Crippen molar-refractivity contribution < 1.29 is 13.2 Å². The van der Waals surface area contributed by atoms with E-state index in [9.17, 15) is 13.2 Å². The Balaban J connectivity index is 2.33. The number of sulfone groups is 1. The normalized spacial score (nSPS) is 20.7. The van der Waals surface area contributed by atoms with Gasteiger partial charge in [-0.2, -0.15) is 0 Å². The summed E-state index contributed by atoms with van der Waals surface area (Å²) in [5.74, 6) is 0.810. The molecule has 1 aliphatic heterocycles. The molecule has 6 heteroatoms. The summed E-state index contributed by atoms with van der Waals surface area (Å²) in [6.07, 6.45) is 3.37. The zero-order chi connectivity index (χ0) is 13.6. The van der Waals surface area contributed by atoms with Gasteiger partial charge in [-0.05, 0) is 25.3 Å². The van der Waals surface area contributed by atoms with Gasteiger partial charge in [-0.25, -0.2) is 8.42 Å². The van der Waals surface area contributed by atoms with Crippen molar-refractivity contribution in [3.8, 4) is 0 Å². The first kappa shape index (κ1) is 15.4. The molecule has 0 aromatic carbocycles. The van der Waals surface area contributed by atoms with Gasteiger partial charge in [0.15, 0.2) is 9.84 Å². The maximum Gasteiger partial charge on any atom is 0.222 e. The Labute approximate surface area is 110 Å². The Hall–Kier alpha value is -0.620. The van der Waals surface area contributed by atoms with Gasteiger partial charge in [0.2, 0.25) is 5.91 Å². The van der Waals surface area contributed by atoms with Crippen LogP contribution in [0.4, 0.5) is 0 Å². The molecule has 1 rings (SSSR count). The Morgan fingerprint density at radius 1 is 1.28 bits per heavy atom. The van der Waals surface area contributed by atoms with Crippen molar-refractivity contribution in [2.75, 3.05) is 31.1 Å². The van der Waals surface area contributed by atoms with E-state index in [4.69, 9.17) is 5.73 Å². The highest BCUT2D eigenvalue weighted by Gasteiger charge is 2.24. The summed E-state index contributed by atoms with van der Waals surface area (Å²) in [5, 5.41) is 0. The summed E-state index contributed by atoms with van der Waals surface area (Å²) in [6, 6.07) is 0. The molecule has 1 fully saturated rings. The average molecular weight is 276 g/mol. The van der Waals surface area contributed by atoms with Gasteiger partial charge in [-0.1, -0.05) is 13.3 Å². The van der Waals surface area contributed by atoms with Crippen LogP contribution in [0.3, 0.4) is 0 Å². The number of amides is 1. The lowest BCUT2D eigenvalue weighted by Gasteiger charge is -2.27. The van der Waals surface area contributed by atoms with Crippen LogP contribution in [0.2, 0.25) is 0 Å². The van der Waals surface area contributed by atoms with Gasteiger partial charge in [-0.3, -0.25) is 4.79 Å². The monoisotopic (exact) mass is 276 g/mol. The summed E-state index contributed by atoms with van der Waals surface area (Å²) in [5.41, 5.74) is 5.52. The number of rotatable bonds is 6. The third kappa shape index (κ3) is 4.94. The highest BCUT2D eigenvalue weighted by Crippen LogP contribution is 2.16. The molecule has 0 spiro atoms. The van der Waals surface area contributed by atoms with Gasteiger partial charge in [-0.15, -0.1) is 0 Å². The van der Waals surface area contributed by atoms with E-state index in [0.29, 0.717) is 32.0 Å². The standard InChI is InChI=1S/C12H24N2O3S/c1-2-11(5-6-13)3-4-12(15)14-7-9-18(16,17)10-8-14/h11H,2-10,13H2,1H3. The molecule has 1 saturated heterocycles. The Morgan fingerprint density at radius 2 is 1.89 bits per heavy atom. The zero-order valence-electron chi connectivity index (χ0n) is 11.1. The molecule has 106 valence electrons. The van der Waals surface area contributed by atoms with Crippen LogP contribution < -0.4 is 5.73 Å². The Morgan fingerprint density at radius 3 is 2.39 bits per heavy atom. The maximum atomic E-state index is 11.9. The molecule has 1 aliphatic rings. The summed E-state index contributed by atoms with van der Waals surface area (Å²) in [4.78, 5) is 13.6. The van der Waals surface area contributed by atoms with E-state index in [2.05, 4.69) is 6.92 Å². The number of nitrogens with zero attached hydrogens (tertiary/aromatic N) is 1. The second-order valence-electron chi connectivity index (χ2n) is 4.92. The van der Waals surface area contributed by atoms with E-state index in [-0.39, 0.29) is 17.4 Å². The number of carbonyl (C=O) groups excluding carboxylic acids is 1. The molecule has 5 nitrogen and oxygen atoms in total. The third-order valence-corrected chi connectivity index (χ3v) is 5.23. The van der Waals surface area contributed by atoms with E-state index < -0.39 is 9.84 Å². The molecule has 0 bridgehead atoms. The van der Waals surface area contributed by atoms with Gasteiger partial charge in [0.1, 0.15) is 0 Å². The lowest BCUT2D eigenvalue weighted by Crippen LogP contribution is -2.43. The van der Waals surface area contributed by atoms with Crippen LogP contribution in [-0.4, -0.2) is 50.4 Å². The number of hydrogen-bond acceptors (Lipinski definition) is 4. The summed E-state index contributed by atoms with van der Waals surface area (Å²) in [6.45, 7) is 3.48. The minimum absolute atomic E-state index is 0.0837. The Kier molecular flexibility index (Phi) is 6.08. The van der Waals surface area contributed by atoms with Crippen molar-refractivity contribution in [3.63, 3.8) is 0 Å². The first-order valence-corrected chi connectivity index (χ1v) is 8.49. The van der Waals surface area contributed by atoms with Gasteiger partial charge < -0.3 is 10.6 Å². The highest BCUT2D eigenvalue weighted by atomic mass is 32.2. The molecule has 18 heavy (non-hydrogen) atoms. The molecule has 0 radical (unpaired) electrons. The van der Waals surface area contributed by atoms with E-state index >= 15 is 0 Å². The number of hydrogen-bond donors (Lipinski definition) is 1. The fraction of sp³-hybridized carbons (Fsp3) is 0.917. The summed E-state index contributed by atoms with van der Waals surface area (Å²) in [7, 11) is -2.90. The second kappa shape index (κ2) is 7.09. The molecule has 1 unspecified atom stereocenters. The summed E-state index contributed by atoms with van der Waals surface area (Å²) < 4.78 is 22.5. The van der Waals surface area contributed by atoms with Crippen molar-refractivity contribution in [2.45, 2.75) is 32.6 Å². The lowest BCUT2D eigenvalue weighted by molar-refractivity contribution is -0.131. The van der Waals surface area contributed by atoms with E-state index in [1.165, 1.54) is 0 Å². The third-order valence-electron chi connectivity index (χ3n) is 3.62. The van der Waals surface area contributed by atoms with E-state index in [1.54, 1.807) is 4.90 Å². The largest absolute Gasteiger partial charge is 0.341 e. The molecule has 2 N–H and O–H groups in total. The quantitative estimate of drug-likeness (QED) is 0.761. The van der Waals surface area contributed by atoms with Crippen LogP contribution >= 0.6 is 0 Å². The first-order chi connectivity index (χ1) is 8.48. The molecule has 0 aromatic heterocycles. The van der Waals surface area contributed by atoms with Crippen LogP contribution in [0.1, 0.15) is 32.6 Å². The summed E-state index contributed by atoms with van der Waals surface area (Å²) >= 11 is 0. The molecule has 0 saturated carbocycles. The molecular weight excluding hydrogens is 252 g/mol. The number of nitrogens with two attached hydrogens (primary N) is 1. The number of carbonyl (C=O) groups is 1. The van der Waals surface area contributed by atoms with E-state index in [0.717, 1.165) is 19.3 Å². The van der Waals surface area contributed by atoms with Crippen molar-refractivity contribution >= 4 is 15.7 Å². The topological polar surface area (TPSA) is 80.5 Å². The van der Waals surface area contributed by atoms with Gasteiger partial charge >= 0.3 is 0 Å². The van der Waals surface area contributed by atoms with Crippen LogP contribution in [0, 0.1) is 5.92 Å². The molecule has 1 heterocycles. The second-order valence-corrected chi connectivity index (χ2v) is 7.23. The van der Waals surface area contributed by atoms with Crippen LogP contribution in [0.5, 0.6) is 0 Å². The van der Waals surface area contributed by atoms with Crippen molar-refractivity contribution in [3.05, 3.63) is 0 Å². The van der Waals surface area contributed by atoms with Gasteiger partial charge in [0, 0.05) is 19.5 Å². The van der Waals surface area contributed by atoms with Crippen LogP contribution in [0.15, 0.2) is 0 Å². The minimum Gasteiger partial charge on any atom is -0.341 e. The Bertz CT molecular complexity index is 354. The molecular formula is C12H24N2O3S. The van der Waals surface area contributed by atoms with Gasteiger partial charge in [0.05, 0.1) is 11.5 Å². The highest BCUT2D eigenvalue weighted by molar-refractivity contribution is 7.91. The molecule has 0 aliphatic carbocycles. The maximum absolute atomic E-state index is 11.9. The predicted molar refractivity (Wildman–Crippen MR) is 71.9 cm³/mol. The van der Waals surface area contributed by atoms with Crippen molar-refractivity contribution in [1.82, 2.24) is 4.90 Å². The van der Waals surface area contributed by atoms with E-state index in [1.807, 2.05) is 0 Å². The SMILES string of the molecule is CCC(CCN)CCC(=O)N1CCS(=O)(=O)CC1. The minimum atomic E-state index is -2.90. The molecule has 0 aromatic rings. The smallest absolute Gasteiger partial charge is 0.222 e. The van der Waals surface area contributed by atoms with Gasteiger partial charge in [0.25, 0.3) is 0 Å². The molecule has 1 amide bonds. The first-order valence-electron chi connectivity index (χ1n) is 6.66. The van der Waals surface area contributed by atoms with Crippen LogP contribution in [-0.2, 0) is 14.6 Å². The lowest BCUT2D eigenvalue weighted by atomic mass is 9.96. The fourth-order valence-electron chi connectivity index (χ4n) is 2.24. The average Bonchev–Trinajstić information content (AvgIpc) is 2.34. The predicted octanol–water partition coefficient (Wildman–Crippen LogP) is 0.399. The molecule has 1 atom stereocenters. The van der Waals surface area contributed by atoms with Crippen molar-refractivity contribution in [1.29, 1.82) is 0 Å². The zero-order valence-corrected chi connectivity index (χ0v) is 11.9. The fourth-order valence-corrected chi connectivity index (χ4v) is 3.44.